The molecule has 0 bridgehead atoms. The molecule has 1 aliphatic heterocycles. The third-order valence-corrected chi connectivity index (χ3v) is 18.1. The number of rotatable bonds is 3. The van der Waals surface area contributed by atoms with Crippen molar-refractivity contribution < 1.29 is 0 Å². The van der Waals surface area contributed by atoms with Crippen molar-refractivity contribution >= 4 is 30.5 Å². The van der Waals surface area contributed by atoms with E-state index in [9.17, 15) is 0 Å². The van der Waals surface area contributed by atoms with Crippen LogP contribution < -0.4 is 5.30 Å². The van der Waals surface area contributed by atoms with E-state index in [-0.39, 0.29) is 37.6 Å². The standard InChI is InChI=1S/C50H76P2/c1-31-24-25-35(26-32(31)2)51-42(40-36(46(9,10)11)27-33(44(3,4)5)28-37(40)47(12,13)14)52(50(21,22)23)43(51)41-38(48(15,16)17)29-34(45(6,7)8)30-39(41)49(18,19)20/h24-30H,1-23H3. The molecule has 0 fully saturated rings. The van der Waals surface area contributed by atoms with E-state index < -0.39 is 15.1 Å². The van der Waals surface area contributed by atoms with Gasteiger partial charge in [-0.25, -0.2) is 0 Å². The molecule has 0 radical (unpaired) electrons. The van der Waals surface area contributed by atoms with Crippen LogP contribution in [0.4, 0.5) is 0 Å². The number of benzene rings is 3. The molecule has 0 aliphatic carbocycles. The van der Waals surface area contributed by atoms with Crippen LogP contribution in [0, 0.1) is 13.8 Å². The van der Waals surface area contributed by atoms with E-state index >= 15 is 0 Å². The summed E-state index contributed by atoms with van der Waals surface area (Å²) < 4.78 is 0. The van der Waals surface area contributed by atoms with Crippen LogP contribution in [0.3, 0.4) is 0 Å². The Morgan fingerprint density at radius 3 is 0.904 bits per heavy atom. The minimum Gasteiger partial charge on any atom is -0.0756 e. The van der Waals surface area contributed by atoms with Gasteiger partial charge in [-0.2, -0.15) is 0 Å². The van der Waals surface area contributed by atoms with E-state index in [0.717, 1.165) is 0 Å². The Bertz CT molecular complexity index is 1780. The Labute approximate surface area is 324 Å². The molecule has 4 rings (SSSR count). The van der Waals surface area contributed by atoms with Gasteiger partial charge in [-0.3, -0.25) is 0 Å². The molecule has 0 saturated heterocycles. The van der Waals surface area contributed by atoms with Crippen LogP contribution in [-0.2, 0) is 32.5 Å². The molecule has 2 heteroatoms. The highest BCUT2D eigenvalue weighted by atomic mass is 31.2. The van der Waals surface area contributed by atoms with Crippen LogP contribution in [0.1, 0.15) is 201 Å². The van der Waals surface area contributed by atoms with E-state index in [1.807, 2.05) is 0 Å². The fourth-order valence-electron chi connectivity index (χ4n) is 7.55. The Morgan fingerprint density at radius 2 is 0.673 bits per heavy atom. The molecular formula is C50H76P2. The van der Waals surface area contributed by atoms with Gasteiger partial charge in [0.2, 0.25) is 0 Å². The summed E-state index contributed by atoms with van der Waals surface area (Å²) in [7, 11) is -1.44. The lowest BCUT2D eigenvalue weighted by atomic mass is 9.72. The molecule has 3 aromatic rings. The predicted molar refractivity (Wildman–Crippen MR) is 242 cm³/mol. The van der Waals surface area contributed by atoms with Crippen molar-refractivity contribution in [2.45, 2.75) is 197 Å². The van der Waals surface area contributed by atoms with E-state index in [2.05, 4.69) is 202 Å². The Hall–Kier alpha value is -1.87. The monoisotopic (exact) mass is 739 g/mol. The SMILES string of the molecule is Cc1ccc(P2=C(c3c(C(C)(C)C)cc(C(C)(C)C)cc3C(C)(C)C)P(C(C)(C)C)C=2c2c(C(C)(C)C)cc(C(C)(C)C)cc2C(C)(C)C)cc1C. The fourth-order valence-corrected chi connectivity index (χ4v) is 16.7. The molecule has 52 heavy (non-hydrogen) atoms. The van der Waals surface area contributed by atoms with Gasteiger partial charge < -0.3 is 0 Å². The zero-order valence-corrected chi connectivity index (χ0v) is 39.7. The fraction of sp³-hybridized carbons (Fsp3) is 0.600. The summed E-state index contributed by atoms with van der Waals surface area (Å²) in [5, 5.41) is 5.11. The van der Waals surface area contributed by atoms with E-state index in [4.69, 9.17) is 0 Å². The molecule has 0 spiro atoms. The third-order valence-electron chi connectivity index (χ3n) is 11.0. The van der Waals surface area contributed by atoms with Crippen molar-refractivity contribution in [3.05, 3.63) is 98.1 Å². The lowest BCUT2D eigenvalue weighted by Gasteiger charge is -2.48. The smallest absolute Gasteiger partial charge is 0.0135 e. The van der Waals surface area contributed by atoms with Gasteiger partial charge in [0.1, 0.15) is 0 Å². The van der Waals surface area contributed by atoms with Gasteiger partial charge >= 0.3 is 0 Å². The van der Waals surface area contributed by atoms with Gasteiger partial charge in [0, 0.05) is 10.1 Å². The van der Waals surface area contributed by atoms with Crippen molar-refractivity contribution in [1.29, 1.82) is 0 Å². The molecule has 3 aromatic carbocycles. The molecule has 0 nitrogen and oxygen atoms in total. The van der Waals surface area contributed by atoms with Crippen molar-refractivity contribution in [2.24, 2.45) is 0 Å². The molecule has 0 saturated carbocycles. The second-order valence-corrected chi connectivity index (χ2v) is 28.8. The van der Waals surface area contributed by atoms with Crippen LogP contribution in [-0.4, -0.2) is 15.2 Å². The normalized spacial score (nSPS) is 17.5. The average Bonchev–Trinajstić information content (AvgIpc) is 2.90. The van der Waals surface area contributed by atoms with Crippen molar-refractivity contribution in [3.63, 3.8) is 0 Å². The van der Waals surface area contributed by atoms with E-state index in [1.165, 1.54) is 49.8 Å². The topological polar surface area (TPSA) is 0 Å². The first-order valence-corrected chi connectivity index (χ1v) is 22.6. The summed E-state index contributed by atoms with van der Waals surface area (Å²) in [4.78, 5) is 0. The van der Waals surface area contributed by atoms with E-state index in [0.29, 0.717) is 0 Å². The molecule has 0 atom stereocenters. The third kappa shape index (κ3) is 8.35. The molecular weight excluding hydrogens is 662 g/mol. The van der Waals surface area contributed by atoms with Crippen LogP contribution in [0.25, 0.3) is 0 Å². The first-order valence-electron chi connectivity index (χ1n) is 19.9. The van der Waals surface area contributed by atoms with Crippen LogP contribution in [0.15, 0.2) is 42.5 Å². The maximum Gasteiger partial charge on any atom is 0.0135 e. The van der Waals surface area contributed by atoms with Gasteiger partial charge in [0.05, 0.1) is 0 Å². The second kappa shape index (κ2) is 13.4. The maximum absolute atomic E-state index is 2.61. The quantitative estimate of drug-likeness (QED) is 0.235. The first-order chi connectivity index (χ1) is 23.1. The maximum atomic E-state index is 2.61. The highest BCUT2D eigenvalue weighted by Gasteiger charge is 2.46. The summed E-state index contributed by atoms with van der Waals surface area (Å²) in [6.07, 6.45) is 0. The Morgan fingerprint density at radius 1 is 0.365 bits per heavy atom. The second-order valence-electron chi connectivity index (χ2n) is 23.2. The van der Waals surface area contributed by atoms with Gasteiger partial charge in [-0.05, 0) is 126 Å². The first kappa shape index (κ1) is 42.9. The van der Waals surface area contributed by atoms with Crippen LogP contribution >= 0.6 is 15.1 Å². The van der Waals surface area contributed by atoms with Crippen molar-refractivity contribution in [1.82, 2.24) is 0 Å². The van der Waals surface area contributed by atoms with Crippen LogP contribution in [0.5, 0.6) is 0 Å². The van der Waals surface area contributed by atoms with Gasteiger partial charge in [-0.15, -0.1) is 0 Å². The van der Waals surface area contributed by atoms with E-state index in [1.54, 1.807) is 21.2 Å². The number of aryl methyl sites for hydroxylation is 2. The Balaban J connectivity index is 2.51. The lowest BCUT2D eigenvalue weighted by molar-refractivity contribution is 0.546. The summed E-state index contributed by atoms with van der Waals surface area (Å²) in [6.45, 7) is 55.9. The lowest BCUT2D eigenvalue weighted by Crippen LogP contribution is -2.36. The molecule has 1 aliphatic rings. The molecule has 1 heterocycles. The molecule has 0 unspecified atom stereocenters. The summed E-state index contributed by atoms with van der Waals surface area (Å²) in [5.74, 6) is 0. The molecule has 0 aromatic heterocycles. The summed E-state index contributed by atoms with van der Waals surface area (Å²) >= 11 is 0. The van der Waals surface area contributed by atoms with Crippen molar-refractivity contribution in [3.8, 4) is 0 Å². The van der Waals surface area contributed by atoms with Crippen molar-refractivity contribution in [2.75, 3.05) is 0 Å². The van der Waals surface area contributed by atoms with Gasteiger partial charge in [0.15, 0.2) is 0 Å². The minimum atomic E-state index is -0.771. The zero-order valence-electron chi connectivity index (χ0n) is 37.9. The highest BCUT2D eigenvalue weighted by Crippen LogP contribution is 2.69. The largest absolute Gasteiger partial charge is 0.0756 e. The van der Waals surface area contributed by atoms with Gasteiger partial charge in [0.25, 0.3) is 0 Å². The minimum absolute atomic E-state index is 0.00999. The summed E-state index contributed by atoms with van der Waals surface area (Å²) in [5.41, 5.74) is 15.1. The molecule has 0 N–H and O–H groups in total. The highest BCUT2D eigenvalue weighted by molar-refractivity contribution is 8.17. The summed E-state index contributed by atoms with van der Waals surface area (Å²) in [6, 6.07) is 17.9. The molecule has 0 amide bonds. The number of hydrogen-bond acceptors (Lipinski definition) is 0. The predicted octanol–water partition coefficient (Wildman–Crippen LogP) is 14.8. The van der Waals surface area contributed by atoms with Gasteiger partial charge in [-0.1, -0.05) is 189 Å². The Kier molecular flexibility index (Phi) is 11.1. The number of hydrogen-bond donors (Lipinski definition) is 0. The zero-order chi connectivity index (χ0) is 40.1. The molecule has 286 valence electrons. The van der Waals surface area contributed by atoms with Crippen LogP contribution in [0.2, 0.25) is 0 Å². The average molecular weight is 739 g/mol.